The topological polar surface area (TPSA) is 125 Å². The van der Waals surface area contributed by atoms with Gasteiger partial charge < -0.3 is 25.2 Å². The van der Waals surface area contributed by atoms with E-state index in [0.29, 0.717) is 38.3 Å². The number of piperidine rings is 1. The lowest BCUT2D eigenvalue weighted by atomic mass is 9.95. The molecule has 0 saturated carbocycles. The summed E-state index contributed by atoms with van der Waals surface area (Å²) in [6.45, 7) is 3.51. The zero-order chi connectivity index (χ0) is 30.5. The number of carbonyl (C=O) groups is 5. The first kappa shape index (κ1) is 31.9. The van der Waals surface area contributed by atoms with Crippen LogP contribution in [-0.2, 0) is 19.1 Å². The average Bonchev–Trinajstić information content (AvgIpc) is 2.92. The number of nitrogens with one attached hydrogen (secondary N) is 2. The summed E-state index contributed by atoms with van der Waals surface area (Å²) < 4.78 is 70.5. The number of benzene rings is 1. The van der Waals surface area contributed by atoms with Crippen LogP contribution >= 0.6 is 0 Å². The molecule has 2 heterocycles. The number of alkyl halides is 5. The molecule has 0 aliphatic carbocycles. The van der Waals surface area contributed by atoms with Crippen LogP contribution in [0.4, 0.5) is 22.0 Å². The summed E-state index contributed by atoms with van der Waals surface area (Å²) in [6, 6.07) is 2.66. The average molecular weight is 591 g/mol. The second-order valence-corrected chi connectivity index (χ2v) is 10.1. The Morgan fingerprint density at radius 3 is 2.12 bits per heavy atom. The third kappa shape index (κ3) is 7.57. The maximum Gasteiger partial charge on any atom is 0.461 e. The fourth-order valence-electron chi connectivity index (χ4n) is 4.45. The highest BCUT2D eigenvalue weighted by atomic mass is 19.4. The molecule has 0 spiro atoms. The minimum absolute atomic E-state index is 0.0655. The Bertz CT molecular complexity index is 1150. The zero-order valence-electron chi connectivity index (χ0n) is 22.4. The van der Waals surface area contributed by atoms with Crippen molar-refractivity contribution in [1.29, 1.82) is 0 Å². The number of halogens is 5. The molecule has 2 saturated heterocycles. The van der Waals surface area contributed by atoms with Crippen molar-refractivity contribution in [3.05, 3.63) is 35.4 Å². The van der Waals surface area contributed by atoms with Crippen molar-refractivity contribution in [2.24, 2.45) is 5.92 Å². The van der Waals surface area contributed by atoms with Crippen LogP contribution in [0.15, 0.2) is 24.3 Å². The number of amides is 4. The van der Waals surface area contributed by atoms with Crippen molar-refractivity contribution in [3.8, 4) is 0 Å². The molecular formula is C26H31F5N4O6. The summed E-state index contributed by atoms with van der Waals surface area (Å²) in [5, 5.41) is 4.46. The summed E-state index contributed by atoms with van der Waals surface area (Å²) in [6.07, 6.45) is -5.54. The highest BCUT2D eigenvalue weighted by Gasteiger charge is 2.64. The standard InChI is InChI=1S/C26H31F5N4O6/c1-15(2)20(21(37)25(27,28)26(29,30)31)33-19(36)14-35-9-3-4-18(24(35)40)32-22(38)16-5-7-17(8-6-16)23(39)34-10-12-41-13-11-34/h5-8,15,18,20H,3-4,9-14H2,1-2H3,(H,32,38)(H,33,36)/t18-,20?/m0/s1. The smallest absolute Gasteiger partial charge is 0.378 e. The van der Waals surface area contributed by atoms with E-state index in [1.807, 2.05) is 5.32 Å². The van der Waals surface area contributed by atoms with Gasteiger partial charge in [0.25, 0.3) is 11.8 Å². The number of likely N-dealkylation sites (tertiary alicyclic amines) is 1. The van der Waals surface area contributed by atoms with E-state index in [9.17, 15) is 45.9 Å². The summed E-state index contributed by atoms with van der Waals surface area (Å²) in [4.78, 5) is 65.4. The normalized spacial score (nSPS) is 19.1. The maximum atomic E-state index is 13.6. The minimum atomic E-state index is -6.13. The third-order valence-electron chi connectivity index (χ3n) is 6.79. The predicted molar refractivity (Wildman–Crippen MR) is 133 cm³/mol. The van der Waals surface area contributed by atoms with Crippen LogP contribution in [0.1, 0.15) is 47.4 Å². The minimum Gasteiger partial charge on any atom is -0.378 e. The summed E-state index contributed by atoms with van der Waals surface area (Å²) >= 11 is 0. The molecule has 2 fully saturated rings. The molecule has 2 N–H and O–H groups in total. The first-order valence-electron chi connectivity index (χ1n) is 13.0. The van der Waals surface area contributed by atoms with E-state index in [1.165, 1.54) is 38.1 Å². The molecule has 10 nitrogen and oxygen atoms in total. The molecule has 1 unspecified atom stereocenters. The van der Waals surface area contributed by atoms with Gasteiger partial charge >= 0.3 is 12.1 Å². The van der Waals surface area contributed by atoms with Gasteiger partial charge in [0.2, 0.25) is 17.6 Å². The van der Waals surface area contributed by atoms with E-state index < -0.39 is 60.1 Å². The molecule has 15 heteroatoms. The van der Waals surface area contributed by atoms with Gasteiger partial charge in [-0.3, -0.25) is 24.0 Å². The molecule has 1 aromatic carbocycles. The number of ketones is 1. The SMILES string of the molecule is CC(C)C(NC(=O)CN1CCC[C@H](NC(=O)c2ccc(C(=O)N3CCOCC3)cc2)C1=O)C(=O)C(F)(F)C(F)(F)F. The van der Waals surface area contributed by atoms with Gasteiger partial charge in [0.15, 0.2) is 0 Å². The molecule has 2 aliphatic rings. The first-order chi connectivity index (χ1) is 19.1. The highest BCUT2D eigenvalue weighted by Crippen LogP contribution is 2.37. The Hall–Kier alpha value is -3.62. The van der Waals surface area contributed by atoms with Gasteiger partial charge in [-0.15, -0.1) is 0 Å². The summed E-state index contributed by atoms with van der Waals surface area (Å²) in [7, 11) is 0. The van der Waals surface area contributed by atoms with Crippen molar-refractivity contribution in [2.75, 3.05) is 39.4 Å². The number of morpholine rings is 1. The van der Waals surface area contributed by atoms with Crippen LogP contribution in [-0.4, -0.2) is 103 Å². The Balaban J connectivity index is 1.59. The van der Waals surface area contributed by atoms with Crippen LogP contribution in [0.25, 0.3) is 0 Å². The summed E-state index contributed by atoms with van der Waals surface area (Å²) in [5.74, 6) is -11.8. The van der Waals surface area contributed by atoms with Crippen LogP contribution in [0.3, 0.4) is 0 Å². The van der Waals surface area contributed by atoms with E-state index in [1.54, 1.807) is 4.90 Å². The van der Waals surface area contributed by atoms with Gasteiger partial charge in [0.05, 0.1) is 25.8 Å². The monoisotopic (exact) mass is 590 g/mol. The second kappa shape index (κ2) is 12.9. The second-order valence-electron chi connectivity index (χ2n) is 10.1. The molecular weight excluding hydrogens is 559 g/mol. The van der Waals surface area contributed by atoms with Crippen molar-refractivity contribution >= 4 is 29.4 Å². The molecule has 226 valence electrons. The molecule has 4 amide bonds. The third-order valence-corrected chi connectivity index (χ3v) is 6.79. The summed E-state index contributed by atoms with van der Waals surface area (Å²) in [5.41, 5.74) is 0.552. The van der Waals surface area contributed by atoms with Crippen LogP contribution in [0.2, 0.25) is 0 Å². The van der Waals surface area contributed by atoms with E-state index in [4.69, 9.17) is 4.74 Å². The quantitative estimate of drug-likeness (QED) is 0.423. The Labute approximate surface area is 232 Å². The fraction of sp³-hybridized carbons (Fsp3) is 0.577. The Morgan fingerprint density at radius 2 is 1.56 bits per heavy atom. The molecule has 3 rings (SSSR count). The Kier molecular flexibility index (Phi) is 10.0. The first-order valence-corrected chi connectivity index (χ1v) is 13.0. The predicted octanol–water partition coefficient (Wildman–Crippen LogP) is 1.79. The van der Waals surface area contributed by atoms with Crippen molar-refractivity contribution in [1.82, 2.24) is 20.4 Å². The number of rotatable bonds is 9. The van der Waals surface area contributed by atoms with Crippen molar-refractivity contribution in [2.45, 2.75) is 50.9 Å². The number of hydrogen-bond acceptors (Lipinski definition) is 6. The van der Waals surface area contributed by atoms with Crippen LogP contribution in [0.5, 0.6) is 0 Å². The van der Waals surface area contributed by atoms with Gasteiger partial charge in [0.1, 0.15) is 6.04 Å². The van der Waals surface area contributed by atoms with E-state index in [2.05, 4.69) is 5.32 Å². The lowest BCUT2D eigenvalue weighted by Gasteiger charge is -2.33. The molecule has 1 aromatic rings. The van der Waals surface area contributed by atoms with E-state index >= 15 is 0 Å². The van der Waals surface area contributed by atoms with Gasteiger partial charge in [-0.25, -0.2) is 0 Å². The number of hydrogen-bond donors (Lipinski definition) is 2. The lowest BCUT2D eigenvalue weighted by molar-refractivity contribution is -0.269. The lowest BCUT2D eigenvalue weighted by Crippen LogP contribution is -2.58. The van der Waals surface area contributed by atoms with Gasteiger partial charge in [-0.05, 0) is 43.0 Å². The molecule has 2 atom stereocenters. The van der Waals surface area contributed by atoms with Crippen molar-refractivity contribution < 1.29 is 50.7 Å². The molecule has 0 radical (unpaired) electrons. The molecule has 0 aromatic heterocycles. The molecule has 2 aliphatic heterocycles. The van der Waals surface area contributed by atoms with Gasteiger partial charge in [-0.2, -0.15) is 22.0 Å². The van der Waals surface area contributed by atoms with E-state index in [0.717, 1.165) is 4.90 Å². The molecule has 41 heavy (non-hydrogen) atoms. The van der Waals surface area contributed by atoms with E-state index in [-0.39, 0.29) is 24.4 Å². The zero-order valence-corrected chi connectivity index (χ0v) is 22.4. The highest BCUT2D eigenvalue weighted by molar-refractivity contribution is 6.00. The van der Waals surface area contributed by atoms with Crippen LogP contribution < -0.4 is 10.6 Å². The largest absolute Gasteiger partial charge is 0.461 e. The maximum absolute atomic E-state index is 13.6. The number of ether oxygens (including phenoxy) is 1. The number of carbonyl (C=O) groups excluding carboxylic acids is 5. The van der Waals surface area contributed by atoms with Gasteiger partial charge in [0, 0.05) is 30.8 Å². The fourth-order valence-corrected chi connectivity index (χ4v) is 4.45. The van der Waals surface area contributed by atoms with Crippen LogP contribution in [0, 0.1) is 5.92 Å². The van der Waals surface area contributed by atoms with Crippen molar-refractivity contribution in [3.63, 3.8) is 0 Å². The molecule has 0 bridgehead atoms. The number of nitrogens with zero attached hydrogens (tertiary/aromatic N) is 2. The van der Waals surface area contributed by atoms with Gasteiger partial charge in [-0.1, -0.05) is 13.8 Å². The Morgan fingerprint density at radius 1 is 0.976 bits per heavy atom. The number of Topliss-reactive ketones (excluding diaryl/α,β-unsaturated/α-hetero) is 1.